The van der Waals surface area contributed by atoms with Crippen LogP contribution >= 0.6 is 34.8 Å². The number of Topliss-reactive ketones (excluding diaryl/α,β-unsaturated/α-hetero) is 1. The summed E-state index contributed by atoms with van der Waals surface area (Å²) in [6.45, 7) is -0.0170. The fraction of sp³-hybridized carbons (Fsp3) is 0.222. The van der Waals surface area contributed by atoms with E-state index in [-0.39, 0.29) is 27.2 Å². The number of hydrogen-bond acceptors (Lipinski definition) is 3. The number of nitrogens with one attached hydrogen (secondary N) is 1. The van der Waals surface area contributed by atoms with Gasteiger partial charge in [-0.1, -0.05) is 34.8 Å². The van der Waals surface area contributed by atoms with Crippen molar-refractivity contribution in [2.75, 3.05) is 0 Å². The molecule has 28 heavy (non-hydrogen) atoms. The average Bonchev–Trinajstić information content (AvgIpc) is 2.59. The Labute approximate surface area is 173 Å². The minimum atomic E-state index is -5.18. The number of rotatable bonds is 7. The Morgan fingerprint density at radius 1 is 1.07 bits per heavy atom. The summed E-state index contributed by atoms with van der Waals surface area (Å²) in [4.78, 5) is 22.9. The van der Waals surface area contributed by atoms with E-state index in [9.17, 15) is 27.9 Å². The van der Waals surface area contributed by atoms with Gasteiger partial charge in [-0.3, -0.25) is 9.59 Å². The summed E-state index contributed by atoms with van der Waals surface area (Å²) < 4.78 is 41.0. The lowest BCUT2D eigenvalue weighted by Crippen LogP contribution is -2.44. The molecule has 0 aliphatic carbocycles. The van der Waals surface area contributed by atoms with Gasteiger partial charge in [-0.2, -0.15) is 13.2 Å². The highest BCUT2D eigenvalue weighted by Gasteiger charge is 2.56. The lowest BCUT2D eigenvalue weighted by Gasteiger charge is -2.30. The molecule has 0 saturated heterocycles. The van der Waals surface area contributed by atoms with E-state index >= 15 is 0 Å². The number of carbonyl (C=O) groups excluding carboxylic acids is 2. The smallest absolute Gasteiger partial charge is 0.376 e. The van der Waals surface area contributed by atoms with Crippen LogP contribution in [0.5, 0.6) is 0 Å². The fourth-order valence-electron chi connectivity index (χ4n) is 2.53. The molecule has 2 N–H and O–H groups in total. The Hall–Kier alpha value is -1.80. The van der Waals surface area contributed by atoms with E-state index in [1.165, 1.54) is 24.3 Å². The maximum atomic E-state index is 13.7. The molecule has 0 heterocycles. The van der Waals surface area contributed by atoms with Crippen LogP contribution in [-0.2, 0) is 16.9 Å². The Bertz CT molecular complexity index is 885. The third kappa shape index (κ3) is 4.97. The lowest BCUT2D eigenvalue weighted by atomic mass is 9.86. The van der Waals surface area contributed by atoms with Gasteiger partial charge in [0.15, 0.2) is 11.4 Å². The number of hydrogen-bond donors (Lipinski definition) is 2. The van der Waals surface area contributed by atoms with E-state index in [2.05, 4.69) is 5.32 Å². The highest BCUT2D eigenvalue weighted by molar-refractivity contribution is 6.34. The van der Waals surface area contributed by atoms with Crippen molar-refractivity contribution in [3.05, 3.63) is 68.2 Å². The number of carbonyl (C=O) groups is 2. The third-order valence-corrected chi connectivity index (χ3v) is 4.77. The zero-order chi connectivity index (χ0) is 21.1. The Morgan fingerprint density at radius 3 is 2.21 bits per heavy atom. The van der Waals surface area contributed by atoms with E-state index in [0.29, 0.717) is 12.0 Å². The second-order valence-corrected chi connectivity index (χ2v) is 7.20. The molecule has 0 aliphatic heterocycles. The molecule has 1 atom stereocenters. The highest BCUT2D eigenvalue weighted by atomic mass is 35.5. The Balaban J connectivity index is 2.43. The van der Waals surface area contributed by atoms with Crippen molar-refractivity contribution in [2.45, 2.75) is 24.7 Å². The van der Waals surface area contributed by atoms with Gasteiger partial charge in [0.2, 0.25) is 6.41 Å². The molecule has 2 aromatic rings. The third-order valence-electron chi connectivity index (χ3n) is 3.97. The van der Waals surface area contributed by atoms with Crippen LogP contribution in [0.1, 0.15) is 27.9 Å². The van der Waals surface area contributed by atoms with E-state index in [1.54, 1.807) is 0 Å². The molecule has 0 spiro atoms. The molecule has 10 heteroatoms. The molecular weight excluding hydrogens is 442 g/mol. The standard InChI is InChI=1S/C18H13Cl3F3NO3/c19-13-4-12(5-14(20)6-13)17(28,18(22,23)24)7-16(27)10-1-2-15(21)11(3-10)8-25-9-26/h1-6,9,28H,7-8H2,(H,25,26). The van der Waals surface area contributed by atoms with Crippen LogP contribution < -0.4 is 5.32 Å². The molecule has 0 aromatic heterocycles. The number of benzene rings is 2. The molecule has 0 radical (unpaired) electrons. The maximum Gasteiger partial charge on any atom is 0.421 e. The van der Waals surface area contributed by atoms with E-state index in [1.807, 2.05) is 0 Å². The van der Waals surface area contributed by atoms with Crippen LogP contribution in [0.2, 0.25) is 15.1 Å². The fourth-order valence-corrected chi connectivity index (χ4v) is 3.24. The number of amides is 1. The molecule has 0 aliphatic rings. The molecule has 0 bridgehead atoms. The summed E-state index contributed by atoms with van der Waals surface area (Å²) in [5, 5.41) is 12.7. The average molecular weight is 455 g/mol. The SMILES string of the molecule is O=CNCc1cc(C(=O)CC(O)(c2cc(Cl)cc(Cl)c2)C(F)(F)F)ccc1Cl. The van der Waals surface area contributed by atoms with Gasteiger partial charge in [-0.05, 0) is 47.5 Å². The Morgan fingerprint density at radius 2 is 1.68 bits per heavy atom. The van der Waals surface area contributed by atoms with Gasteiger partial charge in [-0.25, -0.2) is 0 Å². The molecule has 4 nitrogen and oxygen atoms in total. The molecule has 1 unspecified atom stereocenters. The minimum Gasteiger partial charge on any atom is -0.376 e. The quantitative estimate of drug-likeness (QED) is 0.461. The van der Waals surface area contributed by atoms with Gasteiger partial charge < -0.3 is 10.4 Å². The first-order valence-electron chi connectivity index (χ1n) is 7.72. The summed E-state index contributed by atoms with van der Waals surface area (Å²) >= 11 is 17.4. The summed E-state index contributed by atoms with van der Waals surface area (Å²) in [5.74, 6) is -0.986. The normalized spacial score (nSPS) is 13.7. The molecule has 2 aromatic carbocycles. The van der Waals surface area contributed by atoms with E-state index in [4.69, 9.17) is 34.8 Å². The van der Waals surface area contributed by atoms with Crippen LogP contribution in [0.4, 0.5) is 13.2 Å². The molecule has 0 fully saturated rings. The molecule has 2 rings (SSSR count). The van der Waals surface area contributed by atoms with Gasteiger partial charge in [0.05, 0.1) is 6.42 Å². The largest absolute Gasteiger partial charge is 0.421 e. The number of aliphatic hydroxyl groups is 1. The number of halogens is 6. The Kier molecular flexibility index (Phi) is 6.98. The van der Waals surface area contributed by atoms with Crippen LogP contribution in [0.15, 0.2) is 36.4 Å². The molecule has 1 amide bonds. The first-order chi connectivity index (χ1) is 13.0. The minimum absolute atomic E-state index is 0.0170. The second kappa shape index (κ2) is 8.69. The number of alkyl halides is 3. The zero-order valence-corrected chi connectivity index (χ0v) is 16.3. The van der Waals surface area contributed by atoms with Crippen LogP contribution in [0.25, 0.3) is 0 Å². The second-order valence-electron chi connectivity index (χ2n) is 5.92. The van der Waals surface area contributed by atoms with Crippen LogP contribution in [0.3, 0.4) is 0 Å². The van der Waals surface area contributed by atoms with Gasteiger partial charge in [-0.15, -0.1) is 0 Å². The van der Waals surface area contributed by atoms with Gasteiger partial charge in [0, 0.05) is 27.2 Å². The monoisotopic (exact) mass is 453 g/mol. The van der Waals surface area contributed by atoms with Crippen molar-refractivity contribution >= 4 is 47.0 Å². The summed E-state index contributed by atoms with van der Waals surface area (Å²) in [7, 11) is 0. The predicted molar refractivity (Wildman–Crippen MR) is 99.7 cm³/mol. The maximum absolute atomic E-state index is 13.7. The first-order valence-corrected chi connectivity index (χ1v) is 8.85. The van der Waals surface area contributed by atoms with Gasteiger partial charge in [0.25, 0.3) is 0 Å². The predicted octanol–water partition coefficient (Wildman–Crippen LogP) is 4.92. The lowest BCUT2D eigenvalue weighted by molar-refractivity contribution is -0.264. The van der Waals surface area contributed by atoms with Crippen molar-refractivity contribution in [3.8, 4) is 0 Å². The molecular formula is C18H13Cl3F3NO3. The van der Waals surface area contributed by atoms with Crippen molar-refractivity contribution in [2.24, 2.45) is 0 Å². The van der Waals surface area contributed by atoms with Crippen molar-refractivity contribution < 1.29 is 27.9 Å². The van der Waals surface area contributed by atoms with Gasteiger partial charge in [0.1, 0.15) is 0 Å². The molecule has 0 saturated carbocycles. The topological polar surface area (TPSA) is 66.4 Å². The first kappa shape index (κ1) is 22.5. The van der Waals surface area contributed by atoms with E-state index in [0.717, 1.165) is 12.1 Å². The van der Waals surface area contributed by atoms with Crippen molar-refractivity contribution in [1.82, 2.24) is 5.32 Å². The number of ketones is 1. The van der Waals surface area contributed by atoms with Crippen LogP contribution in [-0.4, -0.2) is 23.5 Å². The van der Waals surface area contributed by atoms with Gasteiger partial charge >= 0.3 is 6.18 Å². The van der Waals surface area contributed by atoms with E-state index < -0.39 is 29.5 Å². The van der Waals surface area contributed by atoms with Crippen molar-refractivity contribution in [1.29, 1.82) is 0 Å². The zero-order valence-electron chi connectivity index (χ0n) is 14.0. The highest BCUT2D eigenvalue weighted by Crippen LogP contribution is 2.43. The van der Waals surface area contributed by atoms with Crippen LogP contribution in [0, 0.1) is 0 Å². The summed E-state index contributed by atoms with van der Waals surface area (Å²) in [5.41, 5.74) is -3.93. The summed E-state index contributed by atoms with van der Waals surface area (Å²) in [6.07, 6.45) is -6.06. The van der Waals surface area contributed by atoms with Crippen molar-refractivity contribution in [3.63, 3.8) is 0 Å². The summed E-state index contributed by atoms with van der Waals surface area (Å²) in [6, 6.07) is 6.81. The molecule has 150 valence electrons.